The molecule has 0 aliphatic carbocycles. The molecule has 5 rings (SSSR count). The number of hydrogen-bond donors (Lipinski definition) is 2. The summed E-state index contributed by atoms with van der Waals surface area (Å²) in [4.78, 5) is 56.7. The van der Waals surface area contributed by atoms with Crippen LogP contribution in [0.1, 0.15) is 68.4 Å². The summed E-state index contributed by atoms with van der Waals surface area (Å²) in [7, 11) is 4.42. The first-order valence-electron chi connectivity index (χ1n) is 17.8. The number of carbonyl (C=O) groups excluding carboxylic acids is 4. The number of aliphatic hydroxyl groups is 1. The van der Waals surface area contributed by atoms with Crippen molar-refractivity contribution in [2.45, 2.75) is 102 Å². The Morgan fingerprint density at radius 1 is 1.19 bits per heavy atom. The van der Waals surface area contributed by atoms with Crippen molar-refractivity contribution in [2.75, 3.05) is 31.8 Å². The maximum Gasteiger partial charge on any atom is 0.328 e. The van der Waals surface area contributed by atoms with Gasteiger partial charge in [0.2, 0.25) is 5.91 Å². The molecule has 0 spiro atoms. The van der Waals surface area contributed by atoms with E-state index in [0.717, 1.165) is 33.7 Å². The topological polar surface area (TPSA) is 161 Å². The molecule has 0 radical (unpaired) electrons. The monoisotopic (exact) mass is 769 g/mol. The molecular weight excluding hydrogens is 721 g/mol. The summed E-state index contributed by atoms with van der Waals surface area (Å²) < 4.78 is 37.8. The molecular formula is C40H49ClFN3O9. The first-order valence-corrected chi connectivity index (χ1v) is 18.2. The van der Waals surface area contributed by atoms with Crippen molar-refractivity contribution in [3.63, 3.8) is 0 Å². The smallest absolute Gasteiger partial charge is 0.328 e. The molecule has 2 amide bonds. The Hall–Kier alpha value is -4.30. The molecule has 8 atom stereocenters. The fourth-order valence-electron chi connectivity index (χ4n) is 7.41. The van der Waals surface area contributed by atoms with Crippen molar-refractivity contribution in [3.05, 3.63) is 81.7 Å². The van der Waals surface area contributed by atoms with E-state index in [0.29, 0.717) is 17.1 Å². The number of likely N-dealkylation sites (N-methyl/N-ethyl adjacent to an activating group) is 1. The number of amides is 2. The zero-order valence-corrected chi connectivity index (χ0v) is 32.6. The van der Waals surface area contributed by atoms with Gasteiger partial charge in [-0.25, -0.2) is 9.18 Å². The minimum atomic E-state index is -1.60. The van der Waals surface area contributed by atoms with Gasteiger partial charge in [0.1, 0.15) is 41.4 Å². The number of allylic oxidation sites excluding steroid dienone is 3. The van der Waals surface area contributed by atoms with Gasteiger partial charge in [-0.1, -0.05) is 48.4 Å². The third kappa shape index (κ3) is 8.49. The number of epoxide rings is 1. The van der Waals surface area contributed by atoms with E-state index in [4.69, 9.17) is 36.3 Å². The van der Waals surface area contributed by atoms with Crippen LogP contribution in [0.15, 0.2) is 54.1 Å². The summed E-state index contributed by atoms with van der Waals surface area (Å²) >= 11 is 6.76. The Kier molecular flexibility index (Phi) is 12.0. The predicted octanol–water partition coefficient (Wildman–Crippen LogP) is 5.10. The number of hydrogen-bond acceptors (Lipinski definition) is 10. The minimum absolute atomic E-state index is 0.0334. The molecule has 2 aromatic rings. The number of methoxy groups -OCH3 is 1. The van der Waals surface area contributed by atoms with Crippen LogP contribution in [0.5, 0.6) is 0 Å². The van der Waals surface area contributed by atoms with E-state index in [1.807, 2.05) is 32.1 Å². The number of halogens is 2. The number of fused-ring (bicyclic) bond motifs is 5. The van der Waals surface area contributed by atoms with E-state index in [1.54, 1.807) is 33.0 Å². The molecule has 0 aromatic heterocycles. The van der Waals surface area contributed by atoms with Crippen LogP contribution < -0.4 is 10.6 Å². The summed E-state index contributed by atoms with van der Waals surface area (Å²) in [5.74, 6) is -3.80. The van der Waals surface area contributed by atoms with Gasteiger partial charge in [-0.3, -0.25) is 14.4 Å². The van der Waals surface area contributed by atoms with E-state index in [1.165, 1.54) is 32.0 Å². The largest absolute Gasteiger partial charge is 0.462 e. The van der Waals surface area contributed by atoms with Gasteiger partial charge >= 0.3 is 11.9 Å². The first-order chi connectivity index (χ1) is 25.3. The fraction of sp³-hybridized carbons (Fsp3) is 0.500. The van der Waals surface area contributed by atoms with Crippen molar-refractivity contribution in [1.29, 1.82) is 0 Å². The van der Waals surface area contributed by atoms with Crippen molar-refractivity contribution in [1.82, 2.24) is 4.90 Å². The van der Waals surface area contributed by atoms with Crippen LogP contribution in [-0.4, -0.2) is 96.6 Å². The Bertz CT molecular complexity index is 1870. The van der Waals surface area contributed by atoms with E-state index in [2.05, 4.69) is 0 Å². The lowest BCUT2D eigenvalue weighted by Crippen LogP contribution is -2.53. The highest BCUT2D eigenvalue weighted by atomic mass is 35.5. The van der Waals surface area contributed by atoms with Gasteiger partial charge in [0.15, 0.2) is 0 Å². The number of nitrogens with two attached hydrogens (primary N) is 1. The number of ether oxygens (including phenoxy) is 4. The molecule has 2 aromatic carbocycles. The van der Waals surface area contributed by atoms with Crippen LogP contribution in [0, 0.1) is 18.7 Å². The zero-order valence-electron chi connectivity index (χ0n) is 31.9. The SMILES string of the molecule is CO[C@@H]1/C=C/C=C(\C)Cc2cc(C)c(Cl)c(c2)N(C)C(=O)C[C@H](OC(=O)[C@H](C)N(C)C(=O)c2cc(N)cc(F)c2)[C@]2(C)O[C@H]2[C@H](C)[C@@H]2C[C@@]1(O)CC(=O)O2. The highest BCUT2D eigenvalue weighted by molar-refractivity contribution is 6.34. The van der Waals surface area contributed by atoms with E-state index < -0.39 is 77.1 Å². The van der Waals surface area contributed by atoms with Crippen LogP contribution in [-0.2, 0) is 39.8 Å². The normalized spacial score (nSPS) is 31.0. The highest BCUT2D eigenvalue weighted by Crippen LogP contribution is 2.49. The van der Waals surface area contributed by atoms with Gasteiger partial charge in [-0.05, 0) is 69.5 Å². The number of anilines is 2. The van der Waals surface area contributed by atoms with Crippen molar-refractivity contribution in [3.8, 4) is 0 Å². The van der Waals surface area contributed by atoms with Gasteiger partial charge < -0.3 is 39.6 Å². The van der Waals surface area contributed by atoms with E-state index >= 15 is 0 Å². The summed E-state index contributed by atoms with van der Waals surface area (Å²) in [6.45, 7) is 8.74. The maximum atomic E-state index is 14.1. The van der Waals surface area contributed by atoms with Gasteiger partial charge in [-0.2, -0.15) is 0 Å². The predicted molar refractivity (Wildman–Crippen MR) is 200 cm³/mol. The number of nitrogen functional groups attached to an aromatic ring is 1. The molecule has 14 heteroatoms. The molecule has 292 valence electrons. The quantitative estimate of drug-likeness (QED) is 0.238. The minimum Gasteiger partial charge on any atom is -0.462 e. The molecule has 0 unspecified atom stereocenters. The summed E-state index contributed by atoms with van der Waals surface area (Å²) in [6, 6.07) is 5.98. The maximum absolute atomic E-state index is 14.1. The molecule has 3 aliphatic heterocycles. The number of benzene rings is 2. The number of esters is 2. The number of rotatable bonds is 5. The average Bonchev–Trinajstić information content (AvgIpc) is 3.80. The third-order valence-corrected chi connectivity index (χ3v) is 11.4. The Morgan fingerprint density at radius 2 is 1.89 bits per heavy atom. The molecule has 4 bridgehead atoms. The summed E-state index contributed by atoms with van der Waals surface area (Å²) in [5.41, 5.74) is 5.96. The van der Waals surface area contributed by atoms with Crippen LogP contribution >= 0.6 is 11.6 Å². The summed E-state index contributed by atoms with van der Waals surface area (Å²) in [5, 5.41) is 12.2. The Labute approximate surface area is 320 Å². The molecule has 54 heavy (non-hydrogen) atoms. The second-order valence-corrected chi connectivity index (χ2v) is 15.4. The molecule has 3 aliphatic rings. The van der Waals surface area contributed by atoms with Crippen LogP contribution in [0.25, 0.3) is 0 Å². The van der Waals surface area contributed by atoms with E-state index in [9.17, 15) is 28.7 Å². The molecule has 3 heterocycles. The average molecular weight is 770 g/mol. The lowest BCUT2D eigenvalue weighted by Gasteiger charge is -2.41. The molecule has 12 nitrogen and oxygen atoms in total. The van der Waals surface area contributed by atoms with Crippen LogP contribution in [0.2, 0.25) is 5.02 Å². The third-order valence-electron chi connectivity index (χ3n) is 10.9. The fourth-order valence-corrected chi connectivity index (χ4v) is 7.64. The Balaban J connectivity index is 1.51. The highest BCUT2D eigenvalue weighted by Gasteiger charge is 2.64. The zero-order chi connectivity index (χ0) is 39.9. The standard InChI is InChI=1S/C40H49ClFN3O9/c1-21-10-9-11-31(51-8)40(50)19-30(52-34(47)20-40)23(3)36-39(5,54-36)32(18-33(46)45(7)29-14-25(12-21)13-22(2)35(29)41)53-38(49)24(4)44(6)37(48)26-15-27(42)17-28(43)16-26/h9-11,13-17,23-24,30-32,36,50H,12,18-20,43H2,1-8H3/b11-9+,21-10+/t23-,24+,30+,31-,32+,36+,39+,40-/m1/s1. The first kappa shape index (κ1) is 40.9. The molecule has 2 saturated heterocycles. The van der Waals surface area contributed by atoms with Crippen LogP contribution in [0.3, 0.4) is 0 Å². The summed E-state index contributed by atoms with van der Waals surface area (Å²) in [6.07, 6.45) is 1.79. The van der Waals surface area contributed by atoms with Gasteiger partial charge in [-0.15, -0.1) is 0 Å². The molecule has 2 fully saturated rings. The number of aryl methyl sites for hydroxylation is 1. The number of nitrogens with zero attached hydrogens (tertiary/aromatic N) is 2. The lowest BCUT2D eigenvalue weighted by atomic mass is 9.78. The molecule has 0 saturated carbocycles. The van der Waals surface area contributed by atoms with Gasteiger partial charge in [0.05, 0.1) is 29.7 Å². The van der Waals surface area contributed by atoms with Crippen LogP contribution in [0.4, 0.5) is 15.8 Å². The molecule has 3 N–H and O–H groups in total. The van der Waals surface area contributed by atoms with Gasteiger partial charge in [0, 0.05) is 44.8 Å². The second kappa shape index (κ2) is 15.8. The lowest BCUT2D eigenvalue weighted by molar-refractivity contribution is -0.187. The van der Waals surface area contributed by atoms with Crippen molar-refractivity contribution < 1.29 is 47.6 Å². The van der Waals surface area contributed by atoms with Crippen molar-refractivity contribution >= 4 is 46.7 Å². The van der Waals surface area contributed by atoms with E-state index in [-0.39, 0.29) is 30.5 Å². The number of carbonyl (C=O) groups is 4. The Morgan fingerprint density at radius 3 is 2.56 bits per heavy atom. The van der Waals surface area contributed by atoms with Crippen molar-refractivity contribution in [2.24, 2.45) is 5.92 Å². The second-order valence-electron chi connectivity index (χ2n) is 15.0. The van der Waals surface area contributed by atoms with Gasteiger partial charge in [0.25, 0.3) is 5.91 Å².